The number of carbonyl (C=O) groups excluding carboxylic acids is 2. The molecule has 7 heteroatoms. The van der Waals surface area contributed by atoms with E-state index in [1.807, 2.05) is 64.1 Å². The number of nitrogens with one attached hydrogen (secondary N) is 1. The Hall–Kier alpha value is -3.40. The van der Waals surface area contributed by atoms with Gasteiger partial charge in [0.2, 0.25) is 0 Å². The first-order valence-corrected chi connectivity index (χ1v) is 8.84. The number of nitriles is 1. The predicted octanol–water partition coefficient (Wildman–Crippen LogP) is 2.85. The van der Waals surface area contributed by atoms with Gasteiger partial charge in [0.05, 0.1) is 11.4 Å². The van der Waals surface area contributed by atoms with E-state index in [1.54, 1.807) is 11.6 Å². The fraction of sp³-hybridized carbons (Fsp3) is 0.333. The molecule has 146 valence electrons. The Labute approximate surface area is 164 Å². The van der Waals surface area contributed by atoms with E-state index in [0.29, 0.717) is 11.3 Å². The largest absolute Gasteiger partial charge is 0.451 e. The lowest BCUT2D eigenvalue weighted by atomic mass is 10.1. The highest BCUT2D eigenvalue weighted by Gasteiger charge is 2.19. The van der Waals surface area contributed by atoms with Crippen molar-refractivity contribution >= 4 is 18.0 Å². The van der Waals surface area contributed by atoms with E-state index in [-0.39, 0.29) is 5.57 Å². The predicted molar refractivity (Wildman–Crippen MR) is 105 cm³/mol. The number of carbonyl (C=O) groups is 2. The average molecular weight is 380 g/mol. The number of benzene rings is 1. The molecule has 0 fully saturated rings. The van der Waals surface area contributed by atoms with Crippen LogP contribution in [-0.2, 0) is 14.3 Å². The van der Waals surface area contributed by atoms with Gasteiger partial charge in [0, 0.05) is 16.8 Å². The molecule has 2 aromatic rings. The fourth-order valence-corrected chi connectivity index (χ4v) is 2.63. The Balaban J connectivity index is 2.21. The van der Waals surface area contributed by atoms with E-state index in [2.05, 4.69) is 10.4 Å². The van der Waals surface area contributed by atoms with Crippen molar-refractivity contribution in [2.24, 2.45) is 0 Å². The minimum atomic E-state index is -0.849. The van der Waals surface area contributed by atoms with Crippen LogP contribution >= 0.6 is 0 Å². The molecule has 1 aromatic heterocycles. The second-order valence-electron chi connectivity index (χ2n) is 7.38. The maximum Gasteiger partial charge on any atom is 0.349 e. The van der Waals surface area contributed by atoms with Gasteiger partial charge in [0.1, 0.15) is 11.6 Å². The van der Waals surface area contributed by atoms with Crippen LogP contribution in [0.15, 0.2) is 35.9 Å². The van der Waals surface area contributed by atoms with Crippen molar-refractivity contribution in [1.29, 1.82) is 5.26 Å². The highest BCUT2D eigenvalue weighted by atomic mass is 16.5. The molecule has 0 radical (unpaired) electrons. The number of hydrogen-bond donors (Lipinski definition) is 1. The van der Waals surface area contributed by atoms with Gasteiger partial charge in [-0.05, 0) is 52.8 Å². The number of ether oxygens (including phenoxy) is 1. The number of hydrogen-bond acceptors (Lipinski definition) is 5. The van der Waals surface area contributed by atoms with Crippen LogP contribution in [0.25, 0.3) is 11.8 Å². The van der Waals surface area contributed by atoms with Crippen molar-refractivity contribution in [3.63, 3.8) is 0 Å². The van der Waals surface area contributed by atoms with Crippen molar-refractivity contribution in [2.45, 2.75) is 40.2 Å². The lowest BCUT2D eigenvalue weighted by Crippen LogP contribution is -2.42. The third-order valence-electron chi connectivity index (χ3n) is 3.83. The van der Waals surface area contributed by atoms with Gasteiger partial charge in [0.25, 0.3) is 5.91 Å². The molecular weight excluding hydrogens is 356 g/mol. The molecule has 28 heavy (non-hydrogen) atoms. The van der Waals surface area contributed by atoms with E-state index in [0.717, 1.165) is 11.4 Å². The number of amides is 1. The highest BCUT2D eigenvalue weighted by Crippen LogP contribution is 2.20. The third kappa shape index (κ3) is 5.30. The molecule has 0 aliphatic rings. The molecule has 0 bridgehead atoms. The molecule has 0 saturated carbocycles. The number of aryl methyl sites for hydroxylation is 1. The standard InChI is InChI=1S/C21H24N4O3/c1-14-18(15(2)25(24-14)17-9-7-6-8-10-17)11-16(12-22)20(27)28-13-19(26)23-21(3,4)5/h6-11H,13H2,1-5H3,(H,23,26). The molecule has 0 spiro atoms. The number of rotatable bonds is 5. The van der Waals surface area contributed by atoms with E-state index in [9.17, 15) is 14.9 Å². The van der Waals surface area contributed by atoms with Gasteiger partial charge in [-0.3, -0.25) is 4.79 Å². The summed E-state index contributed by atoms with van der Waals surface area (Å²) in [6.45, 7) is 8.68. The summed E-state index contributed by atoms with van der Waals surface area (Å²) in [5.41, 5.74) is 2.38. The monoisotopic (exact) mass is 380 g/mol. The number of nitrogens with zero attached hydrogens (tertiary/aromatic N) is 3. The Morgan fingerprint density at radius 3 is 2.46 bits per heavy atom. The molecule has 1 N–H and O–H groups in total. The van der Waals surface area contributed by atoms with Gasteiger partial charge in [0.15, 0.2) is 6.61 Å². The van der Waals surface area contributed by atoms with Crippen LogP contribution in [0.1, 0.15) is 37.7 Å². The first-order chi connectivity index (χ1) is 13.1. The normalized spacial score (nSPS) is 11.6. The van der Waals surface area contributed by atoms with Gasteiger partial charge < -0.3 is 10.1 Å². The molecule has 7 nitrogen and oxygen atoms in total. The van der Waals surface area contributed by atoms with Crippen LogP contribution in [0, 0.1) is 25.2 Å². The SMILES string of the molecule is Cc1nn(-c2ccccc2)c(C)c1C=C(C#N)C(=O)OCC(=O)NC(C)(C)C. The summed E-state index contributed by atoms with van der Waals surface area (Å²) in [7, 11) is 0. The topological polar surface area (TPSA) is 97.0 Å². The third-order valence-corrected chi connectivity index (χ3v) is 3.83. The molecule has 2 rings (SSSR count). The minimum Gasteiger partial charge on any atom is -0.451 e. The van der Waals surface area contributed by atoms with Crippen molar-refractivity contribution in [3.8, 4) is 11.8 Å². The van der Waals surface area contributed by atoms with Crippen LogP contribution in [-0.4, -0.2) is 33.8 Å². The molecule has 0 atom stereocenters. The number of para-hydroxylation sites is 1. The van der Waals surface area contributed by atoms with E-state index < -0.39 is 24.0 Å². The van der Waals surface area contributed by atoms with Gasteiger partial charge in [-0.1, -0.05) is 18.2 Å². The summed E-state index contributed by atoms with van der Waals surface area (Å²) in [6.07, 6.45) is 1.45. The zero-order chi connectivity index (χ0) is 20.9. The van der Waals surface area contributed by atoms with Gasteiger partial charge in [-0.2, -0.15) is 10.4 Å². The maximum atomic E-state index is 12.2. The Kier molecular flexibility index (Phi) is 6.37. The highest BCUT2D eigenvalue weighted by molar-refractivity contribution is 5.99. The second-order valence-corrected chi connectivity index (χ2v) is 7.38. The van der Waals surface area contributed by atoms with E-state index in [1.165, 1.54) is 6.08 Å². The van der Waals surface area contributed by atoms with E-state index in [4.69, 9.17) is 4.74 Å². The maximum absolute atomic E-state index is 12.2. The molecule has 0 aliphatic carbocycles. The van der Waals surface area contributed by atoms with Crippen molar-refractivity contribution in [3.05, 3.63) is 52.9 Å². The molecular formula is C21H24N4O3. The summed E-state index contributed by atoms with van der Waals surface area (Å²) >= 11 is 0. The lowest BCUT2D eigenvalue weighted by molar-refractivity contribution is -0.144. The first-order valence-electron chi connectivity index (χ1n) is 8.84. The van der Waals surface area contributed by atoms with Crippen LogP contribution in [0.4, 0.5) is 0 Å². The smallest absolute Gasteiger partial charge is 0.349 e. The molecule has 1 heterocycles. The number of aromatic nitrogens is 2. The van der Waals surface area contributed by atoms with Crippen LogP contribution < -0.4 is 5.32 Å². The molecule has 0 aliphatic heterocycles. The zero-order valence-corrected chi connectivity index (χ0v) is 16.7. The van der Waals surface area contributed by atoms with Crippen molar-refractivity contribution < 1.29 is 14.3 Å². The summed E-state index contributed by atoms with van der Waals surface area (Å²) in [5.74, 6) is -1.28. The molecule has 0 unspecified atom stereocenters. The van der Waals surface area contributed by atoms with Crippen molar-refractivity contribution in [2.75, 3.05) is 6.61 Å². The minimum absolute atomic E-state index is 0.192. The van der Waals surface area contributed by atoms with Crippen LogP contribution in [0.3, 0.4) is 0 Å². The molecule has 1 aromatic carbocycles. The van der Waals surface area contributed by atoms with E-state index >= 15 is 0 Å². The second kappa shape index (κ2) is 8.53. The summed E-state index contributed by atoms with van der Waals surface area (Å²) in [6, 6.07) is 11.4. The van der Waals surface area contributed by atoms with Gasteiger partial charge in [-0.15, -0.1) is 0 Å². The zero-order valence-electron chi connectivity index (χ0n) is 16.7. The van der Waals surface area contributed by atoms with Crippen LogP contribution in [0.2, 0.25) is 0 Å². The van der Waals surface area contributed by atoms with Crippen molar-refractivity contribution in [1.82, 2.24) is 15.1 Å². The average Bonchev–Trinajstić information content (AvgIpc) is 2.91. The Morgan fingerprint density at radius 1 is 1.25 bits per heavy atom. The first kappa shape index (κ1) is 20.9. The Bertz CT molecular complexity index is 945. The van der Waals surface area contributed by atoms with Gasteiger partial charge >= 0.3 is 5.97 Å². The molecule has 0 saturated heterocycles. The summed E-state index contributed by atoms with van der Waals surface area (Å²) in [5, 5.41) is 16.5. The molecule has 1 amide bonds. The lowest BCUT2D eigenvalue weighted by Gasteiger charge is -2.20. The van der Waals surface area contributed by atoms with Gasteiger partial charge in [-0.25, -0.2) is 9.48 Å². The number of esters is 1. The summed E-state index contributed by atoms with van der Waals surface area (Å²) in [4.78, 5) is 24.0. The Morgan fingerprint density at radius 2 is 1.89 bits per heavy atom. The van der Waals surface area contributed by atoms with Crippen LogP contribution in [0.5, 0.6) is 0 Å². The fourth-order valence-electron chi connectivity index (χ4n) is 2.63. The quantitative estimate of drug-likeness (QED) is 0.489. The summed E-state index contributed by atoms with van der Waals surface area (Å²) < 4.78 is 6.73.